The monoisotopic (exact) mass is 287 g/mol. The van der Waals surface area contributed by atoms with E-state index in [1.54, 1.807) is 19.2 Å². The van der Waals surface area contributed by atoms with Crippen LogP contribution in [0, 0.1) is 19.7 Å². The van der Waals surface area contributed by atoms with Gasteiger partial charge in [-0.15, -0.1) is 0 Å². The average Bonchev–Trinajstić information content (AvgIpc) is 2.47. The van der Waals surface area contributed by atoms with E-state index >= 15 is 0 Å². The van der Waals surface area contributed by atoms with Crippen molar-refractivity contribution < 1.29 is 9.13 Å². The van der Waals surface area contributed by atoms with Gasteiger partial charge >= 0.3 is 0 Å². The van der Waals surface area contributed by atoms with Crippen molar-refractivity contribution in [1.29, 1.82) is 0 Å². The van der Waals surface area contributed by atoms with Gasteiger partial charge in [-0.05, 0) is 60.8 Å². The zero-order valence-electron chi connectivity index (χ0n) is 13.0. The molecule has 112 valence electrons. The maximum absolute atomic E-state index is 13.5. The second kappa shape index (κ2) is 6.72. The molecule has 2 aromatic rings. The number of methoxy groups -OCH3 is 1. The van der Waals surface area contributed by atoms with Gasteiger partial charge < -0.3 is 10.1 Å². The summed E-state index contributed by atoms with van der Waals surface area (Å²) in [5, 5.41) is 3.44. The minimum Gasteiger partial charge on any atom is -0.496 e. The maximum atomic E-state index is 13.5. The van der Waals surface area contributed by atoms with Gasteiger partial charge in [-0.2, -0.15) is 0 Å². The Hall–Kier alpha value is -1.87. The Morgan fingerprint density at radius 1 is 1.14 bits per heavy atom. The van der Waals surface area contributed by atoms with Crippen molar-refractivity contribution in [3.05, 3.63) is 64.5 Å². The third-order valence-corrected chi connectivity index (χ3v) is 3.68. The van der Waals surface area contributed by atoms with Gasteiger partial charge in [-0.1, -0.05) is 25.1 Å². The Morgan fingerprint density at radius 2 is 1.90 bits per heavy atom. The number of benzene rings is 2. The summed E-state index contributed by atoms with van der Waals surface area (Å²) in [6, 6.07) is 10.9. The number of nitrogens with one attached hydrogen (secondary N) is 1. The molecule has 0 fully saturated rings. The Morgan fingerprint density at radius 3 is 2.52 bits per heavy atom. The van der Waals surface area contributed by atoms with Crippen molar-refractivity contribution >= 4 is 0 Å². The topological polar surface area (TPSA) is 21.3 Å². The van der Waals surface area contributed by atoms with Crippen molar-refractivity contribution in [3.8, 4) is 5.75 Å². The highest BCUT2D eigenvalue weighted by Crippen LogP contribution is 2.30. The third kappa shape index (κ3) is 3.42. The van der Waals surface area contributed by atoms with E-state index in [2.05, 4.69) is 25.2 Å². The van der Waals surface area contributed by atoms with E-state index in [4.69, 9.17) is 4.74 Å². The molecule has 2 nitrogen and oxygen atoms in total. The Balaban J connectivity index is 2.50. The molecule has 21 heavy (non-hydrogen) atoms. The van der Waals surface area contributed by atoms with Crippen molar-refractivity contribution in [2.75, 3.05) is 13.7 Å². The van der Waals surface area contributed by atoms with Crippen LogP contribution < -0.4 is 10.1 Å². The van der Waals surface area contributed by atoms with Crippen molar-refractivity contribution in [2.45, 2.75) is 26.8 Å². The van der Waals surface area contributed by atoms with Crippen LogP contribution in [0.3, 0.4) is 0 Å². The third-order valence-electron chi connectivity index (χ3n) is 3.68. The number of ether oxygens (including phenoxy) is 1. The number of halogens is 1. The Labute approximate surface area is 126 Å². The van der Waals surface area contributed by atoms with Gasteiger partial charge in [0.25, 0.3) is 0 Å². The zero-order valence-corrected chi connectivity index (χ0v) is 13.0. The predicted molar refractivity (Wildman–Crippen MR) is 84.4 cm³/mol. The lowest BCUT2D eigenvalue weighted by atomic mass is 9.93. The lowest BCUT2D eigenvalue weighted by Crippen LogP contribution is -2.23. The highest BCUT2D eigenvalue weighted by Gasteiger charge is 2.17. The first-order valence-corrected chi connectivity index (χ1v) is 7.20. The summed E-state index contributed by atoms with van der Waals surface area (Å²) in [5.41, 5.74) is 4.30. The van der Waals surface area contributed by atoms with Crippen molar-refractivity contribution in [1.82, 2.24) is 5.32 Å². The van der Waals surface area contributed by atoms with Gasteiger partial charge in [0, 0.05) is 0 Å². The molecule has 0 aromatic heterocycles. The molecule has 1 N–H and O–H groups in total. The molecular formula is C18H22FNO. The van der Waals surface area contributed by atoms with Gasteiger partial charge in [-0.3, -0.25) is 0 Å². The summed E-state index contributed by atoms with van der Waals surface area (Å²) in [5.74, 6) is 0.670. The number of rotatable bonds is 5. The van der Waals surface area contributed by atoms with E-state index in [1.807, 2.05) is 19.1 Å². The van der Waals surface area contributed by atoms with Crippen LogP contribution in [-0.4, -0.2) is 13.7 Å². The fraction of sp³-hybridized carbons (Fsp3) is 0.333. The van der Waals surface area contributed by atoms with Gasteiger partial charge in [0.15, 0.2) is 0 Å². The second-order valence-electron chi connectivity index (χ2n) is 5.22. The first kappa shape index (κ1) is 15.5. The summed E-state index contributed by atoms with van der Waals surface area (Å²) < 4.78 is 18.9. The van der Waals surface area contributed by atoms with Crippen molar-refractivity contribution in [2.24, 2.45) is 0 Å². The smallest absolute Gasteiger partial charge is 0.123 e. The van der Waals surface area contributed by atoms with Crippen LogP contribution in [0.5, 0.6) is 5.75 Å². The average molecular weight is 287 g/mol. The van der Waals surface area contributed by atoms with Gasteiger partial charge in [0.05, 0.1) is 13.2 Å². The largest absolute Gasteiger partial charge is 0.496 e. The summed E-state index contributed by atoms with van der Waals surface area (Å²) in [6.07, 6.45) is 0. The molecule has 1 unspecified atom stereocenters. The molecule has 0 radical (unpaired) electrons. The first-order chi connectivity index (χ1) is 10.1. The van der Waals surface area contributed by atoms with Gasteiger partial charge in [0.1, 0.15) is 11.6 Å². The lowest BCUT2D eigenvalue weighted by Gasteiger charge is -2.22. The molecule has 0 spiro atoms. The molecule has 0 amide bonds. The highest BCUT2D eigenvalue weighted by atomic mass is 19.1. The van der Waals surface area contributed by atoms with Crippen LogP contribution in [0.1, 0.15) is 35.2 Å². The SMILES string of the molecule is CCNC(c1cccc(F)c1)c1cc(C)c(OC)cc1C. The van der Waals surface area contributed by atoms with Gasteiger partial charge in [-0.25, -0.2) is 4.39 Å². The minimum absolute atomic E-state index is 0.0182. The molecule has 0 aliphatic heterocycles. The standard InChI is InChI=1S/C18H22FNO/c1-5-20-18(14-7-6-8-15(19)11-14)16-9-13(3)17(21-4)10-12(16)2/h6-11,18,20H,5H2,1-4H3. The fourth-order valence-electron chi connectivity index (χ4n) is 2.64. The zero-order chi connectivity index (χ0) is 15.4. The second-order valence-corrected chi connectivity index (χ2v) is 5.22. The number of hydrogen-bond donors (Lipinski definition) is 1. The van der Waals surface area contributed by atoms with E-state index in [0.29, 0.717) is 0 Å². The summed E-state index contributed by atoms with van der Waals surface area (Å²) in [4.78, 5) is 0. The molecular weight excluding hydrogens is 265 g/mol. The lowest BCUT2D eigenvalue weighted by molar-refractivity contribution is 0.411. The fourth-order valence-corrected chi connectivity index (χ4v) is 2.64. The molecule has 1 atom stereocenters. The maximum Gasteiger partial charge on any atom is 0.123 e. The van der Waals surface area contributed by atoms with Gasteiger partial charge in [0.2, 0.25) is 0 Å². The van der Waals surface area contributed by atoms with Crippen LogP contribution in [0.4, 0.5) is 4.39 Å². The Kier molecular flexibility index (Phi) is 4.97. The summed E-state index contributed by atoms with van der Waals surface area (Å²) in [7, 11) is 1.68. The molecule has 3 heteroatoms. The highest BCUT2D eigenvalue weighted by molar-refractivity contribution is 5.45. The van der Waals surface area contributed by atoms with Crippen LogP contribution in [0.15, 0.2) is 36.4 Å². The molecule has 0 saturated carbocycles. The number of hydrogen-bond acceptors (Lipinski definition) is 2. The predicted octanol–water partition coefficient (Wildman–Crippen LogP) is 4.15. The molecule has 2 aromatic carbocycles. The molecule has 0 aliphatic carbocycles. The quantitative estimate of drug-likeness (QED) is 0.892. The Bertz CT molecular complexity index is 625. The summed E-state index contributed by atoms with van der Waals surface area (Å²) in [6.45, 7) is 6.95. The number of aryl methyl sites for hydroxylation is 2. The van der Waals surface area contributed by atoms with E-state index in [9.17, 15) is 4.39 Å². The van der Waals surface area contributed by atoms with Crippen LogP contribution in [-0.2, 0) is 0 Å². The summed E-state index contributed by atoms with van der Waals surface area (Å²) >= 11 is 0. The van der Waals surface area contributed by atoms with Crippen molar-refractivity contribution in [3.63, 3.8) is 0 Å². The van der Waals surface area contributed by atoms with Crippen LogP contribution in [0.25, 0.3) is 0 Å². The molecule has 2 rings (SSSR count). The van der Waals surface area contributed by atoms with E-state index in [0.717, 1.165) is 34.5 Å². The molecule has 0 bridgehead atoms. The normalized spacial score (nSPS) is 12.2. The van der Waals surface area contributed by atoms with E-state index in [-0.39, 0.29) is 11.9 Å². The molecule has 0 aliphatic rings. The molecule has 0 heterocycles. The minimum atomic E-state index is -0.210. The van der Waals surface area contributed by atoms with Crippen LogP contribution >= 0.6 is 0 Å². The van der Waals surface area contributed by atoms with E-state index < -0.39 is 0 Å². The van der Waals surface area contributed by atoms with E-state index in [1.165, 1.54) is 6.07 Å². The molecule has 0 saturated heterocycles. The van der Waals surface area contributed by atoms with Crippen LogP contribution in [0.2, 0.25) is 0 Å². The first-order valence-electron chi connectivity index (χ1n) is 7.20.